The first-order valence-corrected chi connectivity index (χ1v) is 5.44. The number of likely N-dealkylation sites (N-methyl/N-ethyl adjacent to an activating group) is 1. The predicted octanol–water partition coefficient (Wildman–Crippen LogP) is 0.233. The molecule has 0 amide bonds. The Morgan fingerprint density at radius 1 is 1.31 bits per heavy atom. The summed E-state index contributed by atoms with van der Waals surface area (Å²) in [5.74, 6) is 0. The van der Waals surface area contributed by atoms with Crippen molar-refractivity contribution in [2.45, 2.75) is 13.3 Å². The van der Waals surface area contributed by atoms with E-state index in [9.17, 15) is 0 Å². The Kier molecular flexibility index (Phi) is 5.35. The fourth-order valence-electron chi connectivity index (χ4n) is 1.60. The van der Waals surface area contributed by atoms with Crippen molar-refractivity contribution in [2.75, 3.05) is 52.9 Å². The maximum Gasteiger partial charge on any atom is 0.0110 e. The number of hydrogen-bond acceptors (Lipinski definition) is 3. The monoisotopic (exact) mass is 185 g/mol. The van der Waals surface area contributed by atoms with E-state index in [1.165, 1.54) is 39.1 Å². The molecule has 1 aliphatic heterocycles. The van der Waals surface area contributed by atoms with Crippen LogP contribution in [0.25, 0.3) is 0 Å². The van der Waals surface area contributed by atoms with Crippen LogP contribution in [-0.4, -0.2) is 62.7 Å². The molecule has 1 fully saturated rings. The van der Waals surface area contributed by atoms with Gasteiger partial charge in [0.1, 0.15) is 0 Å². The molecule has 0 radical (unpaired) electrons. The fourth-order valence-corrected chi connectivity index (χ4v) is 1.60. The molecule has 3 heteroatoms. The normalized spacial score (nSPS) is 20.5. The highest BCUT2D eigenvalue weighted by atomic mass is 15.2. The van der Waals surface area contributed by atoms with Crippen molar-refractivity contribution in [1.29, 1.82) is 0 Å². The topological polar surface area (TPSA) is 18.5 Å². The molecule has 78 valence electrons. The van der Waals surface area contributed by atoms with E-state index < -0.39 is 0 Å². The molecule has 0 aromatic rings. The first kappa shape index (κ1) is 11.0. The van der Waals surface area contributed by atoms with Gasteiger partial charge in [-0.05, 0) is 33.1 Å². The lowest BCUT2D eigenvalue weighted by Gasteiger charge is -2.22. The van der Waals surface area contributed by atoms with Crippen LogP contribution in [0, 0.1) is 0 Å². The average molecular weight is 185 g/mol. The second kappa shape index (κ2) is 6.35. The van der Waals surface area contributed by atoms with Crippen LogP contribution < -0.4 is 5.32 Å². The van der Waals surface area contributed by atoms with E-state index in [0.717, 1.165) is 13.1 Å². The summed E-state index contributed by atoms with van der Waals surface area (Å²) in [5, 5.41) is 3.42. The molecule has 1 N–H and O–H groups in total. The van der Waals surface area contributed by atoms with Gasteiger partial charge in [-0.25, -0.2) is 0 Å². The first-order chi connectivity index (χ1) is 6.33. The van der Waals surface area contributed by atoms with Gasteiger partial charge in [-0.2, -0.15) is 0 Å². The molecular weight excluding hydrogens is 162 g/mol. The zero-order valence-corrected chi connectivity index (χ0v) is 9.05. The molecule has 3 nitrogen and oxygen atoms in total. The molecule has 0 aromatic heterocycles. The third-order valence-electron chi connectivity index (χ3n) is 2.77. The van der Waals surface area contributed by atoms with Crippen LogP contribution in [0.2, 0.25) is 0 Å². The van der Waals surface area contributed by atoms with E-state index in [2.05, 4.69) is 29.1 Å². The van der Waals surface area contributed by atoms with Crippen molar-refractivity contribution in [1.82, 2.24) is 15.1 Å². The molecule has 0 aliphatic carbocycles. The molecule has 1 aliphatic rings. The van der Waals surface area contributed by atoms with E-state index >= 15 is 0 Å². The van der Waals surface area contributed by atoms with Crippen molar-refractivity contribution in [3.05, 3.63) is 0 Å². The lowest BCUT2D eigenvalue weighted by molar-refractivity contribution is 0.240. The molecule has 0 saturated carbocycles. The average Bonchev–Trinajstić information content (AvgIpc) is 2.42. The number of rotatable bonds is 4. The zero-order valence-electron chi connectivity index (χ0n) is 9.05. The van der Waals surface area contributed by atoms with Gasteiger partial charge in [0, 0.05) is 26.2 Å². The van der Waals surface area contributed by atoms with Gasteiger partial charge < -0.3 is 15.1 Å². The third-order valence-corrected chi connectivity index (χ3v) is 2.77. The lowest BCUT2D eigenvalue weighted by Crippen LogP contribution is -2.35. The highest BCUT2D eigenvalue weighted by Gasteiger charge is 2.08. The Morgan fingerprint density at radius 3 is 2.92 bits per heavy atom. The molecule has 0 unspecified atom stereocenters. The summed E-state index contributed by atoms with van der Waals surface area (Å²) in [5.41, 5.74) is 0. The molecule has 0 bridgehead atoms. The summed E-state index contributed by atoms with van der Waals surface area (Å²) >= 11 is 0. The first-order valence-electron chi connectivity index (χ1n) is 5.44. The molecule has 0 aromatic carbocycles. The second-order valence-electron chi connectivity index (χ2n) is 3.84. The van der Waals surface area contributed by atoms with Crippen LogP contribution in [0.3, 0.4) is 0 Å². The van der Waals surface area contributed by atoms with Crippen molar-refractivity contribution in [3.8, 4) is 0 Å². The Labute approximate surface area is 82.1 Å². The van der Waals surface area contributed by atoms with Gasteiger partial charge in [-0.15, -0.1) is 0 Å². The van der Waals surface area contributed by atoms with Crippen LogP contribution >= 0.6 is 0 Å². The molecule has 1 heterocycles. The molecule has 0 spiro atoms. The predicted molar refractivity (Wildman–Crippen MR) is 57.1 cm³/mol. The summed E-state index contributed by atoms with van der Waals surface area (Å²) in [6, 6.07) is 0. The van der Waals surface area contributed by atoms with E-state index in [0.29, 0.717) is 0 Å². The van der Waals surface area contributed by atoms with Crippen LogP contribution in [0.1, 0.15) is 13.3 Å². The van der Waals surface area contributed by atoms with E-state index in [1.54, 1.807) is 0 Å². The largest absolute Gasteiger partial charge is 0.315 e. The second-order valence-corrected chi connectivity index (χ2v) is 3.84. The summed E-state index contributed by atoms with van der Waals surface area (Å²) in [7, 11) is 2.19. The van der Waals surface area contributed by atoms with Crippen molar-refractivity contribution >= 4 is 0 Å². The van der Waals surface area contributed by atoms with Crippen LogP contribution in [-0.2, 0) is 0 Å². The Hall–Kier alpha value is -0.120. The van der Waals surface area contributed by atoms with Crippen molar-refractivity contribution in [2.24, 2.45) is 0 Å². The zero-order chi connectivity index (χ0) is 9.52. The van der Waals surface area contributed by atoms with Gasteiger partial charge in [-0.3, -0.25) is 0 Å². The Morgan fingerprint density at radius 2 is 2.15 bits per heavy atom. The van der Waals surface area contributed by atoms with E-state index in [1.807, 2.05) is 0 Å². The SMILES string of the molecule is CCN(C)CCN1CCCNCC1. The van der Waals surface area contributed by atoms with Gasteiger partial charge in [0.05, 0.1) is 0 Å². The van der Waals surface area contributed by atoms with Crippen molar-refractivity contribution in [3.63, 3.8) is 0 Å². The van der Waals surface area contributed by atoms with Gasteiger partial charge in [0.2, 0.25) is 0 Å². The van der Waals surface area contributed by atoms with Crippen LogP contribution in [0.4, 0.5) is 0 Å². The quantitative estimate of drug-likeness (QED) is 0.676. The minimum atomic E-state index is 1.16. The molecule has 1 saturated heterocycles. The number of hydrogen-bond donors (Lipinski definition) is 1. The maximum atomic E-state index is 3.42. The van der Waals surface area contributed by atoms with Crippen LogP contribution in [0.15, 0.2) is 0 Å². The maximum absolute atomic E-state index is 3.42. The highest BCUT2D eigenvalue weighted by molar-refractivity contribution is 4.66. The van der Waals surface area contributed by atoms with Gasteiger partial charge >= 0.3 is 0 Å². The fraction of sp³-hybridized carbons (Fsp3) is 1.00. The van der Waals surface area contributed by atoms with Gasteiger partial charge in [0.15, 0.2) is 0 Å². The number of nitrogens with one attached hydrogen (secondary N) is 1. The molecular formula is C10H23N3. The summed E-state index contributed by atoms with van der Waals surface area (Å²) in [6.45, 7) is 10.6. The van der Waals surface area contributed by atoms with Crippen molar-refractivity contribution < 1.29 is 0 Å². The minimum Gasteiger partial charge on any atom is -0.315 e. The number of nitrogens with zero attached hydrogens (tertiary/aromatic N) is 2. The Bertz CT molecular complexity index is 119. The van der Waals surface area contributed by atoms with Crippen LogP contribution in [0.5, 0.6) is 0 Å². The molecule has 1 rings (SSSR count). The van der Waals surface area contributed by atoms with Gasteiger partial charge in [0.25, 0.3) is 0 Å². The van der Waals surface area contributed by atoms with E-state index in [4.69, 9.17) is 0 Å². The standard InChI is InChI=1S/C10H23N3/c1-3-12(2)9-10-13-7-4-5-11-6-8-13/h11H,3-10H2,1-2H3. The lowest BCUT2D eigenvalue weighted by atomic mass is 10.4. The van der Waals surface area contributed by atoms with Gasteiger partial charge in [-0.1, -0.05) is 6.92 Å². The van der Waals surface area contributed by atoms with E-state index in [-0.39, 0.29) is 0 Å². The smallest absolute Gasteiger partial charge is 0.0110 e. The summed E-state index contributed by atoms with van der Waals surface area (Å²) < 4.78 is 0. The third kappa shape index (κ3) is 4.60. The minimum absolute atomic E-state index is 1.16. The molecule has 0 atom stereocenters. The highest BCUT2D eigenvalue weighted by Crippen LogP contribution is 1.95. The Balaban J connectivity index is 2.11. The molecule has 13 heavy (non-hydrogen) atoms. The summed E-state index contributed by atoms with van der Waals surface area (Å²) in [4.78, 5) is 4.94. The summed E-state index contributed by atoms with van der Waals surface area (Å²) in [6.07, 6.45) is 1.30.